The highest BCUT2D eigenvalue weighted by Gasteiger charge is 2.23. The van der Waals surface area contributed by atoms with Crippen LogP contribution in [0.3, 0.4) is 0 Å². The summed E-state index contributed by atoms with van der Waals surface area (Å²) in [6, 6.07) is 5.14. The lowest BCUT2D eigenvalue weighted by Crippen LogP contribution is -2.36. The normalized spacial score (nSPS) is 15.7. The van der Waals surface area contributed by atoms with Gasteiger partial charge in [-0.3, -0.25) is 14.6 Å². The number of nitrogens with zero attached hydrogens (tertiary/aromatic N) is 4. The quantitative estimate of drug-likeness (QED) is 0.282. The highest BCUT2D eigenvalue weighted by atomic mass is 32.2. The number of allylic oxidation sites excluding steroid dienone is 2. The van der Waals surface area contributed by atoms with Crippen molar-refractivity contribution in [3.8, 4) is 0 Å². The highest BCUT2D eigenvalue weighted by Crippen LogP contribution is 2.25. The SMILES string of the molecule is C=N/C(=C\C=C\[C@@H](C)N1CCc2ccc(S(=O)(=O)Nc3cnc(CC)cn3)cc2C1)OCC(F)F. The molecule has 0 fully saturated rings. The number of aryl methyl sites for hydroxylation is 1. The molecule has 0 aliphatic carbocycles. The molecule has 1 aromatic carbocycles. The van der Waals surface area contributed by atoms with E-state index in [9.17, 15) is 17.2 Å². The minimum Gasteiger partial charge on any atom is -0.472 e. The molecule has 0 amide bonds. The molecule has 3 rings (SSSR count). The Labute approximate surface area is 204 Å². The van der Waals surface area contributed by atoms with E-state index in [0.29, 0.717) is 13.0 Å². The van der Waals surface area contributed by atoms with Gasteiger partial charge in [0.2, 0.25) is 5.88 Å². The van der Waals surface area contributed by atoms with Crippen LogP contribution >= 0.6 is 0 Å². The predicted octanol–water partition coefficient (Wildman–Crippen LogP) is 3.97. The Morgan fingerprint density at radius 2 is 2.11 bits per heavy atom. The van der Waals surface area contributed by atoms with Crippen LogP contribution in [0.5, 0.6) is 0 Å². The van der Waals surface area contributed by atoms with Crippen molar-refractivity contribution in [2.24, 2.45) is 4.99 Å². The van der Waals surface area contributed by atoms with Crippen LogP contribution in [0.1, 0.15) is 30.7 Å². The maximum Gasteiger partial charge on any atom is 0.272 e. The number of hydrogen-bond acceptors (Lipinski definition) is 7. The first kappa shape index (κ1) is 26.4. The summed E-state index contributed by atoms with van der Waals surface area (Å²) >= 11 is 0. The van der Waals surface area contributed by atoms with E-state index < -0.39 is 23.1 Å². The number of nitrogens with one attached hydrogen (secondary N) is 1. The molecule has 1 atom stereocenters. The van der Waals surface area contributed by atoms with E-state index >= 15 is 0 Å². The number of aromatic nitrogens is 2. The molecule has 0 unspecified atom stereocenters. The Hall–Kier alpha value is -3.18. The Balaban J connectivity index is 1.68. The predicted molar refractivity (Wildman–Crippen MR) is 131 cm³/mol. The Bertz CT molecular complexity index is 1180. The van der Waals surface area contributed by atoms with E-state index in [-0.39, 0.29) is 22.6 Å². The zero-order valence-electron chi connectivity index (χ0n) is 19.7. The van der Waals surface area contributed by atoms with Gasteiger partial charge in [-0.05, 0) is 55.8 Å². The Kier molecular flexibility index (Phi) is 9.05. The summed E-state index contributed by atoms with van der Waals surface area (Å²) < 4.78 is 57.8. The number of benzene rings is 1. The lowest BCUT2D eigenvalue weighted by molar-refractivity contribution is 0.0483. The molecule has 188 valence electrons. The second-order valence-corrected chi connectivity index (χ2v) is 9.68. The van der Waals surface area contributed by atoms with Gasteiger partial charge >= 0.3 is 0 Å². The molecular weight excluding hydrogens is 476 g/mol. The van der Waals surface area contributed by atoms with Crippen molar-refractivity contribution in [3.63, 3.8) is 0 Å². The van der Waals surface area contributed by atoms with Gasteiger partial charge in [-0.15, -0.1) is 0 Å². The minimum absolute atomic E-state index is 0.00584. The Morgan fingerprint density at radius 1 is 1.31 bits per heavy atom. The summed E-state index contributed by atoms with van der Waals surface area (Å²) in [4.78, 5) is 14.2. The van der Waals surface area contributed by atoms with Gasteiger partial charge in [-0.25, -0.2) is 27.2 Å². The van der Waals surface area contributed by atoms with Crippen LogP contribution in [0, 0.1) is 0 Å². The second-order valence-electron chi connectivity index (χ2n) is 7.99. The number of sulfonamides is 1. The summed E-state index contributed by atoms with van der Waals surface area (Å²) in [5.41, 5.74) is 2.80. The third-order valence-corrected chi connectivity index (χ3v) is 6.91. The topological polar surface area (TPSA) is 96.8 Å². The summed E-state index contributed by atoms with van der Waals surface area (Å²) in [5.74, 6) is 0.188. The van der Waals surface area contributed by atoms with E-state index in [1.165, 1.54) is 12.3 Å². The first-order chi connectivity index (χ1) is 16.7. The molecule has 0 radical (unpaired) electrons. The summed E-state index contributed by atoms with van der Waals surface area (Å²) in [5, 5.41) is 0. The zero-order valence-corrected chi connectivity index (χ0v) is 20.5. The molecule has 0 spiro atoms. The van der Waals surface area contributed by atoms with Gasteiger partial charge in [0.05, 0.1) is 23.0 Å². The molecule has 35 heavy (non-hydrogen) atoms. The van der Waals surface area contributed by atoms with E-state index in [4.69, 9.17) is 4.74 Å². The fourth-order valence-corrected chi connectivity index (χ4v) is 4.62. The first-order valence-corrected chi connectivity index (χ1v) is 12.7. The molecular formula is C24H29F2N5O3S. The fourth-order valence-electron chi connectivity index (χ4n) is 3.57. The van der Waals surface area contributed by atoms with Crippen LogP contribution in [0.2, 0.25) is 0 Å². The average Bonchev–Trinajstić information content (AvgIpc) is 2.85. The molecule has 0 bridgehead atoms. The van der Waals surface area contributed by atoms with Crippen molar-refractivity contribution in [3.05, 3.63) is 71.5 Å². The number of alkyl halides is 2. The summed E-state index contributed by atoms with van der Waals surface area (Å²) in [6.45, 7) is 7.87. The molecule has 2 aromatic rings. The third kappa shape index (κ3) is 7.40. The van der Waals surface area contributed by atoms with Crippen LogP contribution in [-0.2, 0) is 34.1 Å². The van der Waals surface area contributed by atoms with Gasteiger partial charge in [-0.1, -0.05) is 25.1 Å². The largest absolute Gasteiger partial charge is 0.472 e. The standard InChI is InChI=1S/C24H29F2N5O3S/c1-4-20-13-29-23(14-28-20)30-35(32,33)21-9-8-18-10-11-31(15-19(18)12-21)17(2)6-5-7-24(27-3)34-16-22(25)26/h5-9,12-14,17,22H,3-4,10-11,15-16H2,1-2H3,(H,29,30)/b6-5+,24-7+/t17-/m1/s1. The van der Waals surface area contributed by atoms with Gasteiger partial charge in [-0.2, -0.15) is 0 Å². The van der Waals surface area contributed by atoms with Crippen molar-refractivity contribution < 1.29 is 21.9 Å². The number of rotatable bonds is 11. The van der Waals surface area contributed by atoms with Crippen molar-refractivity contribution in [2.45, 2.75) is 50.6 Å². The third-order valence-electron chi connectivity index (χ3n) is 5.55. The van der Waals surface area contributed by atoms with Crippen molar-refractivity contribution in [1.29, 1.82) is 0 Å². The molecule has 11 heteroatoms. The number of ether oxygens (including phenoxy) is 1. The van der Waals surface area contributed by atoms with Crippen molar-refractivity contribution >= 4 is 22.6 Å². The molecule has 8 nitrogen and oxygen atoms in total. The van der Waals surface area contributed by atoms with Gasteiger partial charge < -0.3 is 4.74 Å². The minimum atomic E-state index is -3.82. The monoisotopic (exact) mass is 505 g/mol. The van der Waals surface area contributed by atoms with E-state index in [1.807, 2.05) is 26.0 Å². The zero-order chi connectivity index (χ0) is 25.4. The number of aliphatic imine (C=N–C) groups is 1. The molecule has 2 heterocycles. The lowest BCUT2D eigenvalue weighted by atomic mass is 9.98. The van der Waals surface area contributed by atoms with E-state index in [2.05, 4.69) is 31.3 Å². The molecule has 0 saturated heterocycles. The second kappa shape index (κ2) is 12.0. The van der Waals surface area contributed by atoms with Crippen LogP contribution in [-0.4, -0.2) is 55.6 Å². The smallest absolute Gasteiger partial charge is 0.272 e. The lowest BCUT2D eigenvalue weighted by Gasteiger charge is -2.32. The number of anilines is 1. The number of fused-ring (bicyclic) bond motifs is 1. The fraction of sp³-hybridized carbons (Fsp3) is 0.375. The van der Waals surface area contributed by atoms with Gasteiger partial charge in [0.15, 0.2) is 12.4 Å². The number of halogens is 2. The van der Waals surface area contributed by atoms with Crippen LogP contribution < -0.4 is 4.72 Å². The van der Waals surface area contributed by atoms with Crippen LogP contribution in [0.25, 0.3) is 0 Å². The van der Waals surface area contributed by atoms with Gasteiger partial charge in [0.1, 0.15) is 0 Å². The van der Waals surface area contributed by atoms with E-state index in [1.54, 1.807) is 24.4 Å². The summed E-state index contributed by atoms with van der Waals surface area (Å²) in [7, 11) is -3.82. The maximum atomic E-state index is 12.9. The average molecular weight is 506 g/mol. The van der Waals surface area contributed by atoms with Crippen molar-refractivity contribution in [1.82, 2.24) is 14.9 Å². The molecule has 0 saturated carbocycles. The first-order valence-electron chi connectivity index (χ1n) is 11.2. The van der Waals surface area contributed by atoms with Gasteiger partial charge in [0, 0.05) is 19.1 Å². The number of hydrogen-bond donors (Lipinski definition) is 1. The van der Waals surface area contributed by atoms with Gasteiger partial charge in [0.25, 0.3) is 16.4 Å². The highest BCUT2D eigenvalue weighted by molar-refractivity contribution is 7.92. The molecule has 1 aromatic heterocycles. The maximum absolute atomic E-state index is 12.9. The van der Waals surface area contributed by atoms with Crippen molar-refractivity contribution in [2.75, 3.05) is 17.9 Å². The van der Waals surface area contributed by atoms with Crippen LogP contribution in [0.4, 0.5) is 14.6 Å². The Morgan fingerprint density at radius 3 is 2.77 bits per heavy atom. The summed E-state index contributed by atoms with van der Waals surface area (Å²) in [6.07, 6.45) is 6.91. The van der Waals surface area contributed by atoms with E-state index in [0.717, 1.165) is 29.8 Å². The molecule has 1 aliphatic rings. The molecule has 1 aliphatic heterocycles. The molecule has 1 N–H and O–H groups in total. The van der Waals surface area contributed by atoms with Crippen LogP contribution in [0.15, 0.2) is 64.6 Å².